The lowest BCUT2D eigenvalue weighted by molar-refractivity contribution is -0.150. The molecule has 1 saturated heterocycles. The SMILES string of the molecule is COC(=O)C1CCCN1C(=O)CNC(C)CCCC/C=C\c1ccc2cc[nH]c(=O)c2c1. The van der Waals surface area contributed by atoms with Crippen LogP contribution in [-0.2, 0) is 14.3 Å². The summed E-state index contributed by atoms with van der Waals surface area (Å²) < 4.78 is 4.80. The molecular formula is C25H33N3O4. The summed E-state index contributed by atoms with van der Waals surface area (Å²) in [6.07, 6.45) is 11.4. The van der Waals surface area contributed by atoms with Crippen molar-refractivity contribution in [1.82, 2.24) is 15.2 Å². The Kier molecular flexibility index (Phi) is 8.62. The van der Waals surface area contributed by atoms with Crippen molar-refractivity contribution in [1.29, 1.82) is 0 Å². The van der Waals surface area contributed by atoms with Gasteiger partial charge in [0.15, 0.2) is 0 Å². The fraction of sp³-hybridized carbons (Fsp3) is 0.480. The first-order valence-corrected chi connectivity index (χ1v) is 11.4. The van der Waals surface area contributed by atoms with E-state index in [0.29, 0.717) is 18.4 Å². The predicted molar refractivity (Wildman–Crippen MR) is 126 cm³/mol. The molecule has 0 bridgehead atoms. The molecule has 1 aliphatic heterocycles. The highest BCUT2D eigenvalue weighted by Crippen LogP contribution is 2.18. The number of carbonyl (C=O) groups is 2. The number of rotatable bonds is 10. The summed E-state index contributed by atoms with van der Waals surface area (Å²) in [5, 5.41) is 4.93. The van der Waals surface area contributed by atoms with E-state index in [0.717, 1.165) is 43.1 Å². The number of methoxy groups -OCH3 is 1. The topological polar surface area (TPSA) is 91.5 Å². The van der Waals surface area contributed by atoms with Gasteiger partial charge in [0.2, 0.25) is 5.91 Å². The number of aromatic amines is 1. The van der Waals surface area contributed by atoms with Gasteiger partial charge in [-0.05, 0) is 62.1 Å². The van der Waals surface area contributed by atoms with Gasteiger partial charge in [0.05, 0.1) is 13.7 Å². The molecular weight excluding hydrogens is 406 g/mol. The first-order valence-electron chi connectivity index (χ1n) is 11.4. The second kappa shape index (κ2) is 11.6. The van der Waals surface area contributed by atoms with E-state index in [4.69, 9.17) is 4.74 Å². The molecule has 2 unspecified atom stereocenters. The molecule has 1 fully saturated rings. The van der Waals surface area contributed by atoms with E-state index in [1.165, 1.54) is 7.11 Å². The number of allylic oxidation sites excluding steroid dienone is 1. The third-order valence-corrected chi connectivity index (χ3v) is 6.02. The van der Waals surface area contributed by atoms with Crippen molar-refractivity contribution in [3.05, 3.63) is 52.5 Å². The minimum atomic E-state index is -0.433. The highest BCUT2D eigenvalue weighted by Gasteiger charge is 2.34. The summed E-state index contributed by atoms with van der Waals surface area (Å²) in [5.74, 6) is -0.366. The van der Waals surface area contributed by atoms with Gasteiger partial charge in [0.25, 0.3) is 5.56 Å². The van der Waals surface area contributed by atoms with E-state index in [1.807, 2.05) is 24.3 Å². The first-order chi connectivity index (χ1) is 15.5. The number of hydrogen-bond acceptors (Lipinski definition) is 5. The largest absolute Gasteiger partial charge is 0.467 e. The summed E-state index contributed by atoms with van der Waals surface area (Å²) >= 11 is 0. The lowest BCUT2D eigenvalue weighted by atomic mass is 10.1. The Balaban J connectivity index is 1.34. The fourth-order valence-electron chi connectivity index (χ4n) is 4.15. The van der Waals surface area contributed by atoms with Gasteiger partial charge in [-0.15, -0.1) is 0 Å². The summed E-state index contributed by atoms with van der Waals surface area (Å²) in [6.45, 7) is 2.94. The van der Waals surface area contributed by atoms with Gasteiger partial charge in [0, 0.05) is 24.2 Å². The van der Waals surface area contributed by atoms with Crippen LogP contribution in [0.2, 0.25) is 0 Å². The highest BCUT2D eigenvalue weighted by atomic mass is 16.5. The smallest absolute Gasteiger partial charge is 0.328 e. The molecule has 2 aromatic rings. The van der Waals surface area contributed by atoms with Crippen molar-refractivity contribution < 1.29 is 14.3 Å². The maximum Gasteiger partial charge on any atom is 0.328 e. The number of fused-ring (bicyclic) bond motifs is 1. The van der Waals surface area contributed by atoms with Gasteiger partial charge in [-0.1, -0.05) is 30.7 Å². The molecule has 2 atom stereocenters. The lowest BCUT2D eigenvalue weighted by Gasteiger charge is -2.23. The minimum absolute atomic E-state index is 0.0399. The van der Waals surface area contributed by atoms with Crippen molar-refractivity contribution in [3.63, 3.8) is 0 Å². The Hall–Kier alpha value is -2.93. The van der Waals surface area contributed by atoms with Crippen molar-refractivity contribution in [2.45, 2.75) is 57.5 Å². The molecule has 172 valence electrons. The van der Waals surface area contributed by atoms with Crippen molar-refractivity contribution >= 4 is 28.7 Å². The molecule has 7 heteroatoms. The van der Waals surface area contributed by atoms with Crippen LogP contribution >= 0.6 is 0 Å². The van der Waals surface area contributed by atoms with Crippen LogP contribution in [0.3, 0.4) is 0 Å². The monoisotopic (exact) mass is 439 g/mol. The van der Waals surface area contributed by atoms with Gasteiger partial charge in [-0.25, -0.2) is 4.79 Å². The van der Waals surface area contributed by atoms with Gasteiger partial charge in [-0.2, -0.15) is 0 Å². The number of pyridine rings is 1. The molecule has 7 nitrogen and oxygen atoms in total. The van der Waals surface area contributed by atoms with Gasteiger partial charge < -0.3 is 19.9 Å². The number of amides is 1. The maximum atomic E-state index is 12.5. The molecule has 32 heavy (non-hydrogen) atoms. The summed E-state index contributed by atoms with van der Waals surface area (Å²) in [5.41, 5.74) is 0.957. The number of carbonyl (C=O) groups excluding carboxylic acids is 2. The minimum Gasteiger partial charge on any atom is -0.467 e. The van der Waals surface area contributed by atoms with E-state index in [9.17, 15) is 14.4 Å². The Labute approximate surface area is 188 Å². The molecule has 1 amide bonds. The number of ether oxygens (including phenoxy) is 1. The lowest BCUT2D eigenvalue weighted by Crippen LogP contribution is -2.46. The first kappa shape index (κ1) is 23.7. The highest BCUT2D eigenvalue weighted by molar-refractivity contribution is 5.86. The van der Waals surface area contributed by atoms with Gasteiger partial charge in [0.1, 0.15) is 6.04 Å². The molecule has 0 saturated carbocycles. The Morgan fingerprint density at radius 3 is 2.97 bits per heavy atom. The van der Waals surface area contributed by atoms with Gasteiger partial charge in [-0.3, -0.25) is 9.59 Å². The van der Waals surface area contributed by atoms with Crippen LogP contribution < -0.4 is 10.9 Å². The number of aromatic nitrogens is 1. The molecule has 1 aromatic heterocycles. The van der Waals surface area contributed by atoms with E-state index in [-0.39, 0.29) is 30.0 Å². The van der Waals surface area contributed by atoms with Crippen molar-refractivity contribution in [2.75, 3.05) is 20.2 Å². The molecule has 1 aromatic carbocycles. The normalized spacial score (nSPS) is 17.2. The molecule has 1 aliphatic rings. The Bertz CT molecular complexity index is 1010. The molecule has 2 N–H and O–H groups in total. The number of likely N-dealkylation sites (tertiary alicyclic amines) is 1. The zero-order chi connectivity index (χ0) is 22.9. The summed E-state index contributed by atoms with van der Waals surface area (Å²) in [4.78, 5) is 40.5. The predicted octanol–water partition coefficient (Wildman–Crippen LogP) is 3.24. The average Bonchev–Trinajstić information content (AvgIpc) is 3.30. The fourth-order valence-corrected chi connectivity index (χ4v) is 4.15. The third kappa shape index (κ3) is 6.29. The molecule has 0 radical (unpaired) electrons. The van der Waals surface area contributed by atoms with Crippen molar-refractivity contribution in [3.8, 4) is 0 Å². The van der Waals surface area contributed by atoms with Crippen LogP contribution in [0.15, 0.2) is 41.3 Å². The van der Waals surface area contributed by atoms with E-state index >= 15 is 0 Å². The zero-order valence-electron chi connectivity index (χ0n) is 18.9. The Morgan fingerprint density at radius 1 is 1.31 bits per heavy atom. The second-order valence-electron chi connectivity index (χ2n) is 8.39. The standard InChI is InChI=1S/C25H33N3O4/c1-18(27-17-23(29)28-15-7-10-22(28)25(31)32-2)8-5-3-4-6-9-19-11-12-20-13-14-26-24(30)21(20)16-19/h6,9,11-14,16,18,22,27H,3-5,7-8,10,15,17H2,1-2H3,(H,26,30)/b9-6-. The third-order valence-electron chi connectivity index (χ3n) is 6.02. The number of nitrogens with zero attached hydrogens (tertiary/aromatic N) is 1. The molecule has 3 rings (SSSR count). The second-order valence-corrected chi connectivity index (χ2v) is 8.39. The average molecular weight is 440 g/mol. The van der Waals surface area contributed by atoms with Crippen LogP contribution in [0.4, 0.5) is 0 Å². The van der Waals surface area contributed by atoms with Crippen LogP contribution in [0, 0.1) is 0 Å². The van der Waals surface area contributed by atoms with Crippen LogP contribution in [0.5, 0.6) is 0 Å². The number of unbranched alkanes of at least 4 members (excludes halogenated alkanes) is 2. The number of H-pyrrole nitrogens is 1. The van der Waals surface area contributed by atoms with Crippen molar-refractivity contribution in [2.24, 2.45) is 0 Å². The number of hydrogen-bond donors (Lipinski definition) is 2. The summed E-state index contributed by atoms with van der Waals surface area (Å²) in [7, 11) is 1.36. The summed E-state index contributed by atoms with van der Waals surface area (Å²) in [6, 6.07) is 7.60. The van der Waals surface area contributed by atoms with E-state index in [1.54, 1.807) is 11.1 Å². The Morgan fingerprint density at radius 2 is 2.16 bits per heavy atom. The maximum absolute atomic E-state index is 12.5. The number of nitrogens with one attached hydrogen (secondary N) is 2. The zero-order valence-corrected chi connectivity index (χ0v) is 18.9. The van der Waals surface area contributed by atoms with Crippen LogP contribution in [-0.4, -0.2) is 54.0 Å². The van der Waals surface area contributed by atoms with E-state index < -0.39 is 6.04 Å². The van der Waals surface area contributed by atoms with Gasteiger partial charge >= 0.3 is 5.97 Å². The number of benzene rings is 1. The van der Waals surface area contributed by atoms with Crippen LogP contribution in [0.25, 0.3) is 16.8 Å². The molecule has 0 spiro atoms. The number of esters is 1. The molecule has 0 aliphatic carbocycles. The quantitative estimate of drug-likeness (QED) is 0.438. The van der Waals surface area contributed by atoms with E-state index in [2.05, 4.69) is 29.4 Å². The van der Waals surface area contributed by atoms with Crippen LogP contribution in [0.1, 0.15) is 51.0 Å². The molecule has 2 heterocycles.